The lowest BCUT2D eigenvalue weighted by molar-refractivity contribution is -0.210. The van der Waals surface area contributed by atoms with E-state index in [1.165, 1.54) is 6.92 Å². The van der Waals surface area contributed by atoms with Crippen LogP contribution in [0.1, 0.15) is 36.9 Å². The summed E-state index contributed by atoms with van der Waals surface area (Å²) in [6.07, 6.45) is -6.50. The Morgan fingerprint density at radius 1 is 1.44 bits per heavy atom. The Labute approximate surface area is 101 Å². The summed E-state index contributed by atoms with van der Waals surface area (Å²) < 4.78 is 46.9. The molecule has 18 heavy (non-hydrogen) atoms. The molecule has 0 spiro atoms. The molecule has 102 valence electrons. The standard InChI is InChI=1S/C10H13F3N2O3/c1-5(7(16)10(11,12)13)9-14-8(15-18-9)6-2-3-17-4-6/h5-7,16H,2-4H2,1H3. The first kappa shape index (κ1) is 13.3. The number of halogens is 3. The van der Waals surface area contributed by atoms with E-state index < -0.39 is 18.2 Å². The molecule has 3 atom stereocenters. The molecule has 2 rings (SSSR count). The van der Waals surface area contributed by atoms with Gasteiger partial charge in [0.05, 0.1) is 12.5 Å². The van der Waals surface area contributed by atoms with Crippen molar-refractivity contribution in [1.82, 2.24) is 10.1 Å². The van der Waals surface area contributed by atoms with Gasteiger partial charge in [0.15, 0.2) is 11.9 Å². The van der Waals surface area contributed by atoms with Gasteiger partial charge in [0.25, 0.3) is 0 Å². The molecule has 1 N–H and O–H groups in total. The van der Waals surface area contributed by atoms with Gasteiger partial charge in [-0.15, -0.1) is 0 Å². The summed E-state index contributed by atoms with van der Waals surface area (Å²) in [5.74, 6) is -1.20. The molecule has 2 heterocycles. The van der Waals surface area contributed by atoms with E-state index in [4.69, 9.17) is 14.4 Å². The van der Waals surface area contributed by atoms with Crippen LogP contribution in [0.15, 0.2) is 4.52 Å². The van der Waals surface area contributed by atoms with Crippen LogP contribution >= 0.6 is 0 Å². The molecule has 0 aliphatic carbocycles. The average molecular weight is 266 g/mol. The number of aromatic nitrogens is 2. The van der Waals surface area contributed by atoms with Crippen LogP contribution in [0.25, 0.3) is 0 Å². The highest BCUT2D eigenvalue weighted by Gasteiger charge is 2.44. The Morgan fingerprint density at radius 2 is 2.17 bits per heavy atom. The third-order valence-corrected chi connectivity index (χ3v) is 2.95. The molecule has 0 amide bonds. The second-order valence-electron chi connectivity index (χ2n) is 4.33. The molecular formula is C10H13F3N2O3. The Kier molecular flexibility index (Phi) is 3.58. The summed E-state index contributed by atoms with van der Waals surface area (Å²) in [5, 5.41) is 12.7. The van der Waals surface area contributed by atoms with Crippen molar-refractivity contribution in [3.05, 3.63) is 11.7 Å². The van der Waals surface area contributed by atoms with E-state index in [0.717, 1.165) is 6.42 Å². The van der Waals surface area contributed by atoms with E-state index in [0.29, 0.717) is 19.0 Å². The van der Waals surface area contributed by atoms with Crippen LogP contribution in [0.5, 0.6) is 0 Å². The Balaban J connectivity index is 2.09. The second kappa shape index (κ2) is 4.85. The Hall–Kier alpha value is -1.15. The molecule has 1 fully saturated rings. The van der Waals surface area contributed by atoms with Crippen LogP contribution < -0.4 is 0 Å². The number of ether oxygens (including phenoxy) is 1. The van der Waals surface area contributed by atoms with Gasteiger partial charge in [-0.05, 0) is 6.42 Å². The molecule has 0 aromatic carbocycles. The first-order chi connectivity index (χ1) is 8.39. The predicted molar refractivity (Wildman–Crippen MR) is 53.0 cm³/mol. The monoisotopic (exact) mass is 266 g/mol. The lowest BCUT2D eigenvalue weighted by Crippen LogP contribution is -2.33. The van der Waals surface area contributed by atoms with Crippen LogP contribution in [0, 0.1) is 0 Å². The Bertz CT molecular complexity index is 401. The van der Waals surface area contributed by atoms with Gasteiger partial charge in [-0.3, -0.25) is 0 Å². The van der Waals surface area contributed by atoms with Crippen LogP contribution in [0.2, 0.25) is 0 Å². The van der Waals surface area contributed by atoms with Gasteiger partial charge >= 0.3 is 6.18 Å². The van der Waals surface area contributed by atoms with Crippen LogP contribution in [0.4, 0.5) is 13.2 Å². The molecule has 0 radical (unpaired) electrons. The molecular weight excluding hydrogens is 253 g/mol. The number of alkyl halides is 3. The first-order valence-corrected chi connectivity index (χ1v) is 5.55. The minimum Gasteiger partial charge on any atom is -0.383 e. The summed E-state index contributed by atoms with van der Waals surface area (Å²) in [7, 11) is 0. The van der Waals surface area contributed by atoms with E-state index in [1.54, 1.807) is 0 Å². The zero-order chi connectivity index (χ0) is 13.3. The average Bonchev–Trinajstić information content (AvgIpc) is 2.95. The highest BCUT2D eigenvalue weighted by atomic mass is 19.4. The number of nitrogens with zero attached hydrogens (tertiary/aromatic N) is 2. The molecule has 5 nitrogen and oxygen atoms in total. The normalized spacial score (nSPS) is 24.2. The number of aliphatic hydroxyl groups is 1. The summed E-state index contributed by atoms with van der Waals surface area (Å²) in [5.41, 5.74) is 0. The van der Waals surface area contributed by atoms with E-state index in [2.05, 4.69) is 10.1 Å². The molecule has 1 aliphatic heterocycles. The fourth-order valence-electron chi connectivity index (χ4n) is 1.75. The highest BCUT2D eigenvalue weighted by Crippen LogP contribution is 2.31. The summed E-state index contributed by atoms with van der Waals surface area (Å²) >= 11 is 0. The topological polar surface area (TPSA) is 68.4 Å². The maximum Gasteiger partial charge on any atom is 0.415 e. The summed E-state index contributed by atoms with van der Waals surface area (Å²) in [6, 6.07) is 0. The Morgan fingerprint density at radius 3 is 2.72 bits per heavy atom. The number of hydrogen-bond acceptors (Lipinski definition) is 5. The number of hydrogen-bond donors (Lipinski definition) is 1. The minimum absolute atomic E-state index is 0.0438. The van der Waals surface area contributed by atoms with E-state index in [9.17, 15) is 13.2 Å². The van der Waals surface area contributed by atoms with Crippen molar-refractivity contribution in [2.75, 3.05) is 13.2 Å². The zero-order valence-corrected chi connectivity index (χ0v) is 9.65. The lowest BCUT2D eigenvalue weighted by atomic mass is 10.0. The highest BCUT2D eigenvalue weighted by molar-refractivity contribution is 5.02. The maximum absolute atomic E-state index is 12.3. The quantitative estimate of drug-likeness (QED) is 0.900. The largest absolute Gasteiger partial charge is 0.415 e. The minimum atomic E-state index is -4.70. The summed E-state index contributed by atoms with van der Waals surface area (Å²) in [4.78, 5) is 3.91. The smallest absolute Gasteiger partial charge is 0.383 e. The molecule has 0 bridgehead atoms. The van der Waals surface area contributed by atoms with Gasteiger partial charge in [0.1, 0.15) is 0 Å². The third-order valence-electron chi connectivity index (χ3n) is 2.95. The molecule has 1 aromatic rings. The van der Waals surface area contributed by atoms with Crippen molar-refractivity contribution >= 4 is 0 Å². The number of aliphatic hydroxyl groups excluding tert-OH is 1. The van der Waals surface area contributed by atoms with E-state index >= 15 is 0 Å². The molecule has 3 unspecified atom stereocenters. The van der Waals surface area contributed by atoms with Gasteiger partial charge in [-0.1, -0.05) is 12.1 Å². The van der Waals surface area contributed by atoms with Gasteiger partial charge in [-0.25, -0.2) is 0 Å². The fraction of sp³-hybridized carbons (Fsp3) is 0.800. The summed E-state index contributed by atoms with van der Waals surface area (Å²) in [6.45, 7) is 2.21. The van der Waals surface area contributed by atoms with Crippen molar-refractivity contribution in [3.8, 4) is 0 Å². The first-order valence-electron chi connectivity index (χ1n) is 5.55. The lowest BCUT2D eigenvalue weighted by Gasteiger charge is -2.18. The molecule has 8 heteroatoms. The SMILES string of the molecule is CC(c1nc(C2CCOC2)no1)C(O)C(F)(F)F. The third kappa shape index (κ3) is 2.64. The molecule has 1 aliphatic rings. The van der Waals surface area contributed by atoms with Gasteiger partial charge in [0.2, 0.25) is 5.89 Å². The van der Waals surface area contributed by atoms with Crippen LogP contribution in [-0.4, -0.2) is 40.7 Å². The van der Waals surface area contributed by atoms with Crippen molar-refractivity contribution in [2.45, 2.75) is 37.5 Å². The van der Waals surface area contributed by atoms with Crippen molar-refractivity contribution in [2.24, 2.45) is 0 Å². The van der Waals surface area contributed by atoms with Crippen molar-refractivity contribution < 1.29 is 27.5 Å². The van der Waals surface area contributed by atoms with Crippen LogP contribution in [-0.2, 0) is 4.74 Å². The van der Waals surface area contributed by atoms with E-state index in [1.807, 2.05) is 0 Å². The second-order valence-corrected chi connectivity index (χ2v) is 4.33. The predicted octanol–water partition coefficient (Wildman–Crippen LogP) is 1.60. The molecule has 0 saturated carbocycles. The van der Waals surface area contributed by atoms with Gasteiger partial charge in [-0.2, -0.15) is 18.2 Å². The fourth-order valence-corrected chi connectivity index (χ4v) is 1.75. The van der Waals surface area contributed by atoms with Gasteiger partial charge < -0.3 is 14.4 Å². The van der Waals surface area contributed by atoms with Gasteiger partial charge in [0, 0.05) is 12.5 Å². The van der Waals surface area contributed by atoms with Crippen molar-refractivity contribution in [3.63, 3.8) is 0 Å². The maximum atomic E-state index is 12.3. The van der Waals surface area contributed by atoms with Crippen molar-refractivity contribution in [1.29, 1.82) is 0 Å². The number of rotatable bonds is 3. The van der Waals surface area contributed by atoms with Crippen LogP contribution in [0.3, 0.4) is 0 Å². The molecule has 1 saturated heterocycles. The molecule has 1 aromatic heterocycles. The zero-order valence-electron chi connectivity index (χ0n) is 9.65. The van der Waals surface area contributed by atoms with E-state index in [-0.39, 0.29) is 11.8 Å².